The Balaban J connectivity index is 1.39. The second kappa shape index (κ2) is 9.87. The predicted octanol–water partition coefficient (Wildman–Crippen LogP) is 6.33. The maximum Gasteiger partial charge on any atom is 0.391 e. The molecule has 0 radical (unpaired) electrons. The normalized spacial score (nSPS) is 14.4. The minimum atomic E-state index is -4.14. The number of carbonyl (C=O) groups excluding carboxylic acids is 1. The molecule has 1 amide bonds. The third-order valence-electron chi connectivity index (χ3n) is 5.90. The van der Waals surface area contributed by atoms with E-state index in [0.717, 1.165) is 11.4 Å². The largest absolute Gasteiger partial charge is 0.391 e. The lowest BCUT2D eigenvalue weighted by atomic mass is 9.96. The molecule has 1 heterocycles. The minimum absolute atomic E-state index is 0.0715. The standard InChI is InChI=1S/C26H23F3N4O/c27-26(28,29)20-12-14-33(15-13-20)23-9-6-18(7-10-23)25(34)32-22-8-11-24(19(16-22)17-30)31-21-4-2-1-3-5-21/h1-11,16,20,31H,12-15H2,(H,32,34). The number of rotatable bonds is 5. The first-order valence-corrected chi connectivity index (χ1v) is 10.9. The topological polar surface area (TPSA) is 68.2 Å². The molecule has 3 aromatic rings. The summed E-state index contributed by atoms with van der Waals surface area (Å²) in [6, 6.07) is 23.4. The van der Waals surface area contributed by atoms with Gasteiger partial charge in [-0.3, -0.25) is 4.79 Å². The van der Waals surface area contributed by atoms with E-state index in [-0.39, 0.29) is 18.7 Å². The summed E-state index contributed by atoms with van der Waals surface area (Å²) in [4.78, 5) is 14.6. The van der Waals surface area contributed by atoms with Gasteiger partial charge >= 0.3 is 6.18 Å². The van der Waals surface area contributed by atoms with Gasteiger partial charge in [-0.25, -0.2) is 0 Å². The molecule has 0 aromatic heterocycles. The van der Waals surface area contributed by atoms with Gasteiger partial charge in [0.1, 0.15) is 6.07 Å². The van der Waals surface area contributed by atoms with E-state index in [0.29, 0.717) is 35.6 Å². The van der Waals surface area contributed by atoms with E-state index in [1.807, 2.05) is 35.2 Å². The van der Waals surface area contributed by atoms with E-state index in [2.05, 4.69) is 16.7 Å². The van der Waals surface area contributed by atoms with E-state index in [4.69, 9.17) is 0 Å². The first-order valence-electron chi connectivity index (χ1n) is 10.9. The summed E-state index contributed by atoms with van der Waals surface area (Å²) in [6.07, 6.45) is -4.00. The molecule has 8 heteroatoms. The van der Waals surface area contributed by atoms with Crippen molar-refractivity contribution in [2.75, 3.05) is 28.6 Å². The van der Waals surface area contributed by atoms with Gasteiger partial charge in [0.05, 0.1) is 17.2 Å². The lowest BCUT2D eigenvalue weighted by molar-refractivity contribution is -0.179. The molecule has 0 bridgehead atoms. The van der Waals surface area contributed by atoms with Crippen LogP contribution in [0.1, 0.15) is 28.8 Å². The Hall–Kier alpha value is -3.99. The fourth-order valence-electron chi connectivity index (χ4n) is 3.99. The maximum atomic E-state index is 12.9. The first-order chi connectivity index (χ1) is 16.3. The number of para-hydroxylation sites is 1. The van der Waals surface area contributed by atoms with E-state index in [9.17, 15) is 23.2 Å². The van der Waals surface area contributed by atoms with Crippen molar-refractivity contribution in [3.63, 3.8) is 0 Å². The molecule has 2 N–H and O–H groups in total. The zero-order valence-electron chi connectivity index (χ0n) is 18.3. The Bertz CT molecular complexity index is 1180. The van der Waals surface area contributed by atoms with E-state index in [1.165, 1.54) is 0 Å². The minimum Gasteiger partial charge on any atom is -0.372 e. The van der Waals surface area contributed by atoms with Crippen LogP contribution in [0.2, 0.25) is 0 Å². The number of amides is 1. The third-order valence-corrected chi connectivity index (χ3v) is 5.90. The van der Waals surface area contributed by atoms with Crippen LogP contribution in [0.15, 0.2) is 72.8 Å². The molecule has 5 nitrogen and oxygen atoms in total. The van der Waals surface area contributed by atoms with Gasteiger partial charge in [0.15, 0.2) is 0 Å². The average Bonchev–Trinajstić information content (AvgIpc) is 2.85. The van der Waals surface area contributed by atoms with Gasteiger partial charge in [-0.1, -0.05) is 18.2 Å². The number of hydrogen-bond donors (Lipinski definition) is 2. The molecule has 174 valence electrons. The zero-order valence-corrected chi connectivity index (χ0v) is 18.3. The van der Waals surface area contributed by atoms with Gasteiger partial charge in [0.2, 0.25) is 0 Å². The zero-order chi connectivity index (χ0) is 24.1. The third kappa shape index (κ3) is 5.49. The summed E-state index contributed by atoms with van der Waals surface area (Å²) in [5.74, 6) is -1.59. The monoisotopic (exact) mass is 464 g/mol. The summed E-state index contributed by atoms with van der Waals surface area (Å²) in [5.41, 5.74) is 3.56. The van der Waals surface area contributed by atoms with Gasteiger partial charge in [0, 0.05) is 35.7 Å². The molecule has 0 saturated carbocycles. The fraction of sp³-hybridized carbons (Fsp3) is 0.231. The molecule has 0 aliphatic carbocycles. The second-order valence-electron chi connectivity index (χ2n) is 8.17. The van der Waals surface area contributed by atoms with Crippen LogP contribution < -0.4 is 15.5 Å². The van der Waals surface area contributed by atoms with Crippen molar-refractivity contribution in [1.82, 2.24) is 0 Å². The lowest BCUT2D eigenvalue weighted by Crippen LogP contribution is -2.39. The quantitative estimate of drug-likeness (QED) is 0.463. The second-order valence-corrected chi connectivity index (χ2v) is 8.17. The highest BCUT2D eigenvalue weighted by atomic mass is 19.4. The number of benzene rings is 3. The lowest BCUT2D eigenvalue weighted by Gasteiger charge is -2.34. The van der Waals surface area contributed by atoms with Crippen LogP contribution in [0.4, 0.5) is 35.9 Å². The number of nitriles is 1. The van der Waals surface area contributed by atoms with E-state index < -0.39 is 12.1 Å². The van der Waals surface area contributed by atoms with Crippen molar-refractivity contribution in [3.8, 4) is 6.07 Å². The fourth-order valence-corrected chi connectivity index (χ4v) is 3.99. The van der Waals surface area contributed by atoms with Gasteiger partial charge < -0.3 is 15.5 Å². The van der Waals surface area contributed by atoms with Gasteiger partial charge in [-0.15, -0.1) is 0 Å². The number of halogens is 3. The SMILES string of the molecule is N#Cc1cc(NC(=O)c2ccc(N3CCC(C(F)(F)F)CC3)cc2)ccc1Nc1ccccc1. The summed E-state index contributed by atoms with van der Waals surface area (Å²) >= 11 is 0. The van der Waals surface area contributed by atoms with Crippen molar-refractivity contribution >= 4 is 28.7 Å². The highest BCUT2D eigenvalue weighted by Gasteiger charge is 2.41. The Morgan fingerprint density at radius 3 is 2.24 bits per heavy atom. The number of nitrogens with zero attached hydrogens (tertiary/aromatic N) is 2. The molecule has 3 aromatic carbocycles. The first kappa shape index (κ1) is 23.2. The number of hydrogen-bond acceptors (Lipinski definition) is 4. The van der Waals surface area contributed by atoms with E-state index in [1.54, 1.807) is 42.5 Å². The van der Waals surface area contributed by atoms with Crippen LogP contribution in [0.5, 0.6) is 0 Å². The Kier molecular flexibility index (Phi) is 6.73. The summed E-state index contributed by atoms with van der Waals surface area (Å²) in [6.45, 7) is 0.659. The molecule has 1 aliphatic heterocycles. The highest BCUT2D eigenvalue weighted by Crippen LogP contribution is 2.35. The highest BCUT2D eigenvalue weighted by molar-refractivity contribution is 6.04. The molecule has 0 atom stereocenters. The smallest absolute Gasteiger partial charge is 0.372 e. The van der Waals surface area contributed by atoms with Gasteiger partial charge in [0.25, 0.3) is 5.91 Å². The number of alkyl halides is 3. The van der Waals surface area contributed by atoms with Crippen LogP contribution in [0.3, 0.4) is 0 Å². The Morgan fingerprint density at radius 2 is 1.62 bits per heavy atom. The average molecular weight is 464 g/mol. The Labute approximate surface area is 195 Å². The number of nitrogens with one attached hydrogen (secondary N) is 2. The van der Waals surface area contributed by atoms with Crippen LogP contribution in [0, 0.1) is 17.2 Å². The molecule has 4 rings (SSSR count). The van der Waals surface area contributed by atoms with Crippen molar-refractivity contribution < 1.29 is 18.0 Å². The summed E-state index contributed by atoms with van der Waals surface area (Å²) < 4.78 is 38.6. The number of anilines is 4. The molecule has 0 spiro atoms. The maximum absolute atomic E-state index is 12.9. The van der Waals surface area contributed by atoms with Crippen LogP contribution >= 0.6 is 0 Å². The number of carbonyl (C=O) groups is 1. The van der Waals surface area contributed by atoms with Gasteiger partial charge in [-0.05, 0) is 67.4 Å². The molecule has 1 aliphatic rings. The van der Waals surface area contributed by atoms with Crippen molar-refractivity contribution in [3.05, 3.63) is 83.9 Å². The number of piperidine rings is 1. The van der Waals surface area contributed by atoms with Crippen LogP contribution in [-0.2, 0) is 0 Å². The van der Waals surface area contributed by atoms with E-state index >= 15 is 0 Å². The summed E-state index contributed by atoms with van der Waals surface area (Å²) in [5, 5.41) is 15.5. The molecule has 1 fully saturated rings. The summed E-state index contributed by atoms with van der Waals surface area (Å²) in [7, 11) is 0. The molecule has 1 saturated heterocycles. The molecule has 34 heavy (non-hydrogen) atoms. The Morgan fingerprint density at radius 1 is 0.941 bits per heavy atom. The predicted molar refractivity (Wildman–Crippen MR) is 126 cm³/mol. The van der Waals surface area contributed by atoms with Crippen molar-refractivity contribution in [2.24, 2.45) is 5.92 Å². The van der Waals surface area contributed by atoms with Crippen molar-refractivity contribution in [2.45, 2.75) is 19.0 Å². The van der Waals surface area contributed by atoms with Crippen molar-refractivity contribution in [1.29, 1.82) is 5.26 Å². The molecule has 0 unspecified atom stereocenters. The van der Waals surface area contributed by atoms with Crippen LogP contribution in [0.25, 0.3) is 0 Å². The van der Waals surface area contributed by atoms with Gasteiger partial charge in [-0.2, -0.15) is 18.4 Å². The molecular weight excluding hydrogens is 441 g/mol. The molecular formula is C26H23F3N4O. The van der Waals surface area contributed by atoms with Crippen LogP contribution in [-0.4, -0.2) is 25.2 Å².